The van der Waals surface area contributed by atoms with Crippen LogP contribution >= 0.6 is 0 Å². The van der Waals surface area contributed by atoms with Crippen molar-refractivity contribution in [1.29, 1.82) is 0 Å². The number of benzene rings is 3. The maximum Gasteiger partial charge on any atom is 0.255 e. The lowest BCUT2D eigenvalue weighted by molar-refractivity contribution is -0.114. The molecule has 1 heterocycles. The van der Waals surface area contributed by atoms with Crippen LogP contribution in [0, 0.1) is 5.41 Å². The van der Waals surface area contributed by atoms with Gasteiger partial charge in [-0.15, -0.1) is 0 Å². The molecule has 0 fully saturated rings. The number of methoxy groups -OCH3 is 1. The first-order chi connectivity index (χ1) is 19.8. The standard InChI is InChI=1S/C30H32N4O7/c1-19(38)33-25-9-10-26(23-6-4-3-5-22(23)25)41-21-11-12-31-28(14-21)34-20-7-8-24(27(13-20)40-2)29(39)32-15-30(16-35,17-36)18-37/h3-14,35-37H,15-18H2,1-2H3,(H,31,34)(H,32,39)(H,33,38). The van der Waals surface area contributed by atoms with Crippen molar-refractivity contribution in [2.75, 3.05) is 44.1 Å². The molecular weight excluding hydrogens is 528 g/mol. The third-order valence-corrected chi connectivity index (χ3v) is 6.50. The Hall–Kier alpha value is -4.71. The fourth-order valence-corrected chi connectivity index (χ4v) is 4.11. The molecule has 0 aliphatic heterocycles. The SMILES string of the molecule is COc1cc(Nc2cc(Oc3ccc(NC(C)=O)c4ccccc34)ccn2)ccc1C(=O)NCC(CO)(CO)CO. The minimum atomic E-state index is -1.23. The molecule has 0 atom stereocenters. The number of amides is 2. The van der Waals surface area contributed by atoms with Gasteiger partial charge in [0, 0.05) is 53.9 Å². The normalized spacial score (nSPS) is 11.1. The zero-order valence-electron chi connectivity index (χ0n) is 22.7. The van der Waals surface area contributed by atoms with Crippen molar-refractivity contribution >= 4 is 39.8 Å². The molecule has 2 amide bonds. The fourth-order valence-electron chi connectivity index (χ4n) is 4.11. The van der Waals surface area contributed by atoms with Crippen LogP contribution < -0.4 is 25.4 Å². The number of ether oxygens (including phenoxy) is 2. The lowest BCUT2D eigenvalue weighted by Gasteiger charge is -2.27. The summed E-state index contributed by atoms with van der Waals surface area (Å²) in [6.07, 6.45) is 1.60. The number of aliphatic hydroxyl groups is 3. The number of rotatable bonds is 12. The van der Waals surface area contributed by atoms with Gasteiger partial charge in [-0.1, -0.05) is 24.3 Å². The summed E-state index contributed by atoms with van der Waals surface area (Å²) in [6.45, 7) is -0.138. The van der Waals surface area contributed by atoms with E-state index in [9.17, 15) is 24.9 Å². The van der Waals surface area contributed by atoms with Gasteiger partial charge in [-0.2, -0.15) is 0 Å². The van der Waals surface area contributed by atoms with Crippen LogP contribution in [0.25, 0.3) is 10.8 Å². The highest BCUT2D eigenvalue weighted by molar-refractivity contribution is 6.03. The minimum Gasteiger partial charge on any atom is -0.496 e. The summed E-state index contributed by atoms with van der Waals surface area (Å²) in [4.78, 5) is 28.7. The molecule has 1 aromatic heterocycles. The average molecular weight is 561 g/mol. The van der Waals surface area contributed by atoms with E-state index in [1.807, 2.05) is 24.3 Å². The Morgan fingerprint density at radius 1 is 0.902 bits per heavy atom. The molecule has 214 valence electrons. The van der Waals surface area contributed by atoms with Gasteiger partial charge in [-0.25, -0.2) is 4.98 Å². The van der Waals surface area contributed by atoms with E-state index in [0.29, 0.717) is 28.7 Å². The van der Waals surface area contributed by atoms with Crippen molar-refractivity contribution in [2.45, 2.75) is 6.92 Å². The quantitative estimate of drug-likeness (QED) is 0.152. The number of nitrogens with zero attached hydrogens (tertiary/aromatic N) is 1. The second-order valence-corrected chi connectivity index (χ2v) is 9.51. The molecule has 0 bridgehead atoms. The van der Waals surface area contributed by atoms with Gasteiger partial charge < -0.3 is 40.7 Å². The summed E-state index contributed by atoms with van der Waals surface area (Å²) in [5.41, 5.74) is 0.297. The molecule has 3 aromatic carbocycles. The molecule has 0 spiro atoms. The second-order valence-electron chi connectivity index (χ2n) is 9.51. The van der Waals surface area contributed by atoms with E-state index in [1.165, 1.54) is 14.0 Å². The Morgan fingerprint density at radius 2 is 1.63 bits per heavy atom. The number of nitrogens with one attached hydrogen (secondary N) is 3. The van der Waals surface area contributed by atoms with Crippen LogP contribution in [0.2, 0.25) is 0 Å². The van der Waals surface area contributed by atoms with Crippen LogP contribution in [-0.2, 0) is 4.79 Å². The van der Waals surface area contributed by atoms with Gasteiger partial charge in [0.25, 0.3) is 5.91 Å². The first-order valence-corrected chi connectivity index (χ1v) is 12.8. The molecule has 11 heteroatoms. The van der Waals surface area contributed by atoms with Crippen molar-refractivity contribution in [3.8, 4) is 17.2 Å². The van der Waals surface area contributed by atoms with Crippen LogP contribution in [0.3, 0.4) is 0 Å². The van der Waals surface area contributed by atoms with Crippen molar-refractivity contribution in [2.24, 2.45) is 5.41 Å². The zero-order chi connectivity index (χ0) is 29.4. The third kappa shape index (κ3) is 6.90. The molecule has 0 saturated heterocycles. The molecule has 0 radical (unpaired) electrons. The van der Waals surface area contributed by atoms with E-state index in [0.717, 1.165) is 10.8 Å². The first kappa shape index (κ1) is 29.3. The summed E-state index contributed by atoms with van der Waals surface area (Å²) < 4.78 is 11.6. The molecule has 0 aliphatic carbocycles. The summed E-state index contributed by atoms with van der Waals surface area (Å²) >= 11 is 0. The van der Waals surface area contributed by atoms with Crippen molar-refractivity contribution in [3.05, 3.63) is 78.5 Å². The molecule has 0 saturated carbocycles. The number of carbonyl (C=O) groups excluding carboxylic acids is 2. The highest BCUT2D eigenvalue weighted by Gasteiger charge is 2.29. The Balaban J connectivity index is 1.50. The van der Waals surface area contributed by atoms with Crippen LogP contribution in [-0.4, -0.2) is 65.6 Å². The van der Waals surface area contributed by atoms with E-state index in [2.05, 4.69) is 20.9 Å². The number of hydrogen-bond donors (Lipinski definition) is 6. The highest BCUT2D eigenvalue weighted by Crippen LogP contribution is 2.35. The highest BCUT2D eigenvalue weighted by atomic mass is 16.5. The molecule has 41 heavy (non-hydrogen) atoms. The van der Waals surface area contributed by atoms with Gasteiger partial charge in [0.05, 0.1) is 37.9 Å². The lowest BCUT2D eigenvalue weighted by atomic mass is 9.91. The number of aliphatic hydroxyl groups excluding tert-OH is 3. The van der Waals surface area contributed by atoms with E-state index in [4.69, 9.17) is 9.47 Å². The van der Waals surface area contributed by atoms with Crippen LogP contribution in [0.1, 0.15) is 17.3 Å². The monoisotopic (exact) mass is 560 g/mol. The number of carbonyl (C=O) groups is 2. The zero-order valence-corrected chi connectivity index (χ0v) is 22.7. The molecule has 0 unspecified atom stereocenters. The molecular formula is C30H32N4O7. The van der Waals surface area contributed by atoms with Gasteiger partial charge in [-0.05, 0) is 30.3 Å². The van der Waals surface area contributed by atoms with E-state index < -0.39 is 31.1 Å². The van der Waals surface area contributed by atoms with E-state index in [1.54, 1.807) is 48.7 Å². The molecule has 4 rings (SSSR count). The predicted octanol–water partition coefficient (Wildman–Crippen LogP) is 3.43. The minimum absolute atomic E-state index is 0.125. The maximum atomic E-state index is 12.8. The summed E-state index contributed by atoms with van der Waals surface area (Å²) in [5, 5.41) is 38.8. The number of pyridine rings is 1. The maximum absolute atomic E-state index is 12.8. The smallest absolute Gasteiger partial charge is 0.255 e. The van der Waals surface area contributed by atoms with Crippen molar-refractivity contribution in [3.63, 3.8) is 0 Å². The fraction of sp³-hybridized carbons (Fsp3) is 0.233. The van der Waals surface area contributed by atoms with E-state index in [-0.39, 0.29) is 23.8 Å². The Kier molecular flexibility index (Phi) is 9.35. The molecule has 6 N–H and O–H groups in total. The lowest BCUT2D eigenvalue weighted by Crippen LogP contribution is -2.45. The Labute approximate surface area is 236 Å². The number of fused-ring (bicyclic) bond motifs is 1. The van der Waals surface area contributed by atoms with Crippen LogP contribution in [0.15, 0.2) is 72.9 Å². The summed E-state index contributed by atoms with van der Waals surface area (Å²) in [6, 6.07) is 19.5. The average Bonchev–Trinajstić information content (AvgIpc) is 2.99. The number of anilines is 3. The summed E-state index contributed by atoms with van der Waals surface area (Å²) in [7, 11) is 1.43. The van der Waals surface area contributed by atoms with Crippen LogP contribution in [0.5, 0.6) is 17.2 Å². The topological polar surface area (TPSA) is 162 Å². The van der Waals surface area contributed by atoms with Gasteiger partial charge >= 0.3 is 0 Å². The number of aromatic nitrogens is 1. The van der Waals surface area contributed by atoms with Crippen molar-refractivity contribution < 1.29 is 34.4 Å². The van der Waals surface area contributed by atoms with Gasteiger partial charge in [0.15, 0.2) is 0 Å². The molecule has 0 aliphatic rings. The predicted molar refractivity (Wildman–Crippen MR) is 155 cm³/mol. The Morgan fingerprint density at radius 3 is 2.32 bits per heavy atom. The van der Waals surface area contributed by atoms with Crippen molar-refractivity contribution in [1.82, 2.24) is 10.3 Å². The molecule has 11 nitrogen and oxygen atoms in total. The largest absolute Gasteiger partial charge is 0.496 e. The van der Waals surface area contributed by atoms with Crippen LogP contribution in [0.4, 0.5) is 17.2 Å². The Bertz CT molecular complexity index is 1530. The number of hydrogen-bond acceptors (Lipinski definition) is 9. The van der Waals surface area contributed by atoms with E-state index >= 15 is 0 Å². The van der Waals surface area contributed by atoms with Gasteiger partial charge in [0.2, 0.25) is 5.91 Å². The second kappa shape index (κ2) is 13.1. The van der Waals surface area contributed by atoms with Gasteiger partial charge in [0.1, 0.15) is 23.1 Å². The first-order valence-electron chi connectivity index (χ1n) is 12.8. The molecule has 4 aromatic rings. The van der Waals surface area contributed by atoms with Gasteiger partial charge in [-0.3, -0.25) is 9.59 Å². The summed E-state index contributed by atoms with van der Waals surface area (Å²) in [5.74, 6) is 1.26. The third-order valence-electron chi connectivity index (χ3n) is 6.50.